The monoisotopic (exact) mass is 207 g/mol. The summed E-state index contributed by atoms with van der Waals surface area (Å²) in [4.78, 5) is 11.2. The maximum Gasteiger partial charge on any atom is 0.244 e. The Kier molecular flexibility index (Phi) is 4.54. The van der Waals surface area contributed by atoms with Crippen LogP contribution in [0, 0.1) is 5.82 Å². The summed E-state index contributed by atoms with van der Waals surface area (Å²) in [6.45, 7) is 2.61. The van der Waals surface area contributed by atoms with Crippen LogP contribution in [0.2, 0.25) is 0 Å². The van der Waals surface area contributed by atoms with Gasteiger partial charge in [0.25, 0.3) is 0 Å². The van der Waals surface area contributed by atoms with Crippen LogP contribution in [-0.2, 0) is 4.79 Å². The molecule has 0 aliphatic heterocycles. The zero-order valence-electron chi connectivity index (χ0n) is 8.66. The van der Waals surface area contributed by atoms with Crippen molar-refractivity contribution in [3.63, 3.8) is 0 Å². The Labute approximate surface area is 88.8 Å². The lowest BCUT2D eigenvalue weighted by atomic mass is 10.2. The van der Waals surface area contributed by atoms with E-state index in [2.05, 4.69) is 5.32 Å². The normalized spacial score (nSPS) is 10.5. The molecule has 0 bridgehead atoms. The molecule has 2 nitrogen and oxygen atoms in total. The third-order valence-electron chi connectivity index (χ3n) is 1.87. The number of hydrogen-bond acceptors (Lipinski definition) is 1. The highest BCUT2D eigenvalue weighted by Crippen LogP contribution is 2.07. The maximum absolute atomic E-state index is 13.1. The third-order valence-corrected chi connectivity index (χ3v) is 1.87. The van der Waals surface area contributed by atoms with Crippen molar-refractivity contribution in [1.29, 1.82) is 0 Å². The van der Waals surface area contributed by atoms with Crippen LogP contribution in [0.5, 0.6) is 0 Å². The number of hydrogen-bond donors (Lipinski definition) is 1. The second-order valence-corrected chi connectivity index (χ2v) is 3.15. The molecule has 0 aliphatic rings. The van der Waals surface area contributed by atoms with Crippen molar-refractivity contribution in [1.82, 2.24) is 5.32 Å². The summed E-state index contributed by atoms with van der Waals surface area (Å²) in [7, 11) is 0. The van der Waals surface area contributed by atoms with E-state index in [1.807, 2.05) is 6.92 Å². The minimum Gasteiger partial charge on any atom is -0.353 e. The molecule has 3 heteroatoms. The van der Waals surface area contributed by atoms with Gasteiger partial charge in [0.05, 0.1) is 0 Å². The van der Waals surface area contributed by atoms with Crippen molar-refractivity contribution in [3.8, 4) is 0 Å². The van der Waals surface area contributed by atoms with Crippen molar-refractivity contribution in [2.24, 2.45) is 0 Å². The van der Waals surface area contributed by atoms with Crippen LogP contribution in [0.15, 0.2) is 30.3 Å². The first-order valence-electron chi connectivity index (χ1n) is 4.94. The summed E-state index contributed by atoms with van der Waals surface area (Å²) >= 11 is 0. The van der Waals surface area contributed by atoms with E-state index in [0.29, 0.717) is 12.1 Å². The van der Waals surface area contributed by atoms with Crippen molar-refractivity contribution >= 4 is 12.0 Å². The molecule has 0 saturated heterocycles. The van der Waals surface area contributed by atoms with Crippen LogP contribution in [0.4, 0.5) is 4.39 Å². The molecule has 0 aliphatic carbocycles. The Morgan fingerprint density at radius 3 is 2.87 bits per heavy atom. The van der Waals surface area contributed by atoms with Gasteiger partial charge in [-0.25, -0.2) is 4.39 Å². The summed E-state index contributed by atoms with van der Waals surface area (Å²) in [6.07, 6.45) is 3.70. The molecule has 1 aromatic carbocycles. The van der Waals surface area contributed by atoms with Crippen LogP contribution in [-0.4, -0.2) is 12.5 Å². The average molecular weight is 207 g/mol. The molecule has 0 heterocycles. The Morgan fingerprint density at radius 2 is 2.20 bits per heavy atom. The number of carbonyl (C=O) groups excluding carboxylic acids is 1. The lowest BCUT2D eigenvalue weighted by Crippen LogP contribution is -2.21. The first-order chi connectivity index (χ1) is 7.24. The second-order valence-electron chi connectivity index (χ2n) is 3.15. The standard InChI is InChI=1S/C12H14FNO/c1-2-9-14-12(15)8-7-10-5-3-4-6-11(10)13/h3-8H,2,9H2,1H3,(H,14,15). The van der Waals surface area contributed by atoms with E-state index in [4.69, 9.17) is 0 Å². The predicted octanol–water partition coefficient (Wildman–Crippen LogP) is 2.37. The van der Waals surface area contributed by atoms with Gasteiger partial charge in [0.1, 0.15) is 5.82 Å². The summed E-state index contributed by atoms with van der Waals surface area (Å²) in [6, 6.07) is 6.33. The molecule has 0 unspecified atom stereocenters. The number of amides is 1. The lowest BCUT2D eigenvalue weighted by Gasteiger charge is -1.98. The fourth-order valence-corrected chi connectivity index (χ4v) is 1.08. The zero-order chi connectivity index (χ0) is 11.1. The van der Waals surface area contributed by atoms with Crippen molar-refractivity contribution < 1.29 is 9.18 Å². The number of nitrogens with one attached hydrogen (secondary N) is 1. The molecule has 0 fully saturated rings. The van der Waals surface area contributed by atoms with E-state index in [1.54, 1.807) is 18.2 Å². The van der Waals surface area contributed by atoms with E-state index in [-0.39, 0.29) is 11.7 Å². The first kappa shape index (κ1) is 11.4. The Morgan fingerprint density at radius 1 is 1.47 bits per heavy atom. The van der Waals surface area contributed by atoms with Gasteiger partial charge in [0.15, 0.2) is 0 Å². The molecule has 0 aromatic heterocycles. The first-order valence-corrected chi connectivity index (χ1v) is 4.94. The summed E-state index contributed by atoms with van der Waals surface area (Å²) in [5.74, 6) is -0.517. The highest BCUT2D eigenvalue weighted by molar-refractivity contribution is 5.91. The minimum absolute atomic E-state index is 0.194. The van der Waals surface area contributed by atoms with Crippen LogP contribution in [0.1, 0.15) is 18.9 Å². The second kappa shape index (κ2) is 5.96. The SMILES string of the molecule is CCCNC(=O)C=Cc1ccccc1F. The van der Waals surface area contributed by atoms with Crippen LogP contribution in [0.25, 0.3) is 6.08 Å². The maximum atomic E-state index is 13.1. The number of carbonyl (C=O) groups is 1. The summed E-state index contributed by atoms with van der Waals surface area (Å²) in [5.41, 5.74) is 0.421. The molecule has 1 amide bonds. The van der Waals surface area contributed by atoms with Gasteiger partial charge >= 0.3 is 0 Å². The highest BCUT2D eigenvalue weighted by Gasteiger charge is 1.97. The number of benzene rings is 1. The van der Waals surface area contributed by atoms with Crippen LogP contribution < -0.4 is 5.32 Å². The quantitative estimate of drug-likeness (QED) is 0.754. The third kappa shape index (κ3) is 3.94. The van der Waals surface area contributed by atoms with Crippen LogP contribution >= 0.6 is 0 Å². The van der Waals surface area contributed by atoms with Gasteiger partial charge in [-0.3, -0.25) is 4.79 Å². The molecule has 0 spiro atoms. The molecule has 0 radical (unpaired) electrons. The molecule has 0 atom stereocenters. The topological polar surface area (TPSA) is 29.1 Å². The van der Waals surface area contributed by atoms with Gasteiger partial charge in [-0.05, 0) is 18.6 Å². The smallest absolute Gasteiger partial charge is 0.244 e. The predicted molar refractivity (Wildman–Crippen MR) is 58.7 cm³/mol. The lowest BCUT2D eigenvalue weighted by molar-refractivity contribution is -0.116. The molecule has 1 rings (SSSR count). The molecule has 0 saturated carbocycles. The molecule has 80 valence electrons. The largest absolute Gasteiger partial charge is 0.353 e. The highest BCUT2D eigenvalue weighted by atomic mass is 19.1. The Bertz CT molecular complexity index is 360. The van der Waals surface area contributed by atoms with Crippen LogP contribution in [0.3, 0.4) is 0 Å². The molecule has 1 aromatic rings. The van der Waals surface area contributed by atoms with Gasteiger partial charge in [0, 0.05) is 18.2 Å². The molecular formula is C12H14FNO. The Hall–Kier alpha value is -1.64. The molecular weight excluding hydrogens is 193 g/mol. The van der Waals surface area contributed by atoms with E-state index in [0.717, 1.165) is 6.42 Å². The van der Waals surface area contributed by atoms with Gasteiger partial charge in [-0.15, -0.1) is 0 Å². The van der Waals surface area contributed by atoms with Crippen molar-refractivity contribution in [2.75, 3.05) is 6.54 Å². The van der Waals surface area contributed by atoms with E-state index >= 15 is 0 Å². The van der Waals surface area contributed by atoms with Gasteiger partial charge < -0.3 is 5.32 Å². The van der Waals surface area contributed by atoms with Crippen molar-refractivity contribution in [2.45, 2.75) is 13.3 Å². The summed E-state index contributed by atoms with van der Waals surface area (Å²) in [5, 5.41) is 2.67. The summed E-state index contributed by atoms with van der Waals surface area (Å²) < 4.78 is 13.1. The van der Waals surface area contributed by atoms with E-state index < -0.39 is 0 Å². The fraction of sp³-hybridized carbons (Fsp3) is 0.250. The number of halogens is 1. The van der Waals surface area contributed by atoms with Gasteiger partial charge in [-0.2, -0.15) is 0 Å². The molecule has 1 N–H and O–H groups in total. The Balaban J connectivity index is 2.58. The van der Waals surface area contributed by atoms with Gasteiger partial charge in [0.2, 0.25) is 5.91 Å². The van der Waals surface area contributed by atoms with Crippen molar-refractivity contribution in [3.05, 3.63) is 41.7 Å². The van der Waals surface area contributed by atoms with E-state index in [9.17, 15) is 9.18 Å². The van der Waals surface area contributed by atoms with Gasteiger partial charge in [-0.1, -0.05) is 25.1 Å². The van der Waals surface area contributed by atoms with E-state index in [1.165, 1.54) is 18.2 Å². The average Bonchev–Trinajstić information content (AvgIpc) is 2.25. The fourth-order valence-electron chi connectivity index (χ4n) is 1.08. The number of rotatable bonds is 4. The minimum atomic E-state index is -0.322. The molecule has 15 heavy (non-hydrogen) atoms. The zero-order valence-corrected chi connectivity index (χ0v) is 8.66.